The molecular formula is C14H13F3N2. The van der Waals surface area contributed by atoms with Gasteiger partial charge in [-0.05, 0) is 24.6 Å². The maximum Gasteiger partial charge on any atom is 0.417 e. The van der Waals surface area contributed by atoms with Gasteiger partial charge in [0.25, 0.3) is 0 Å². The fraction of sp³-hybridized carbons (Fsp3) is 0.214. The van der Waals surface area contributed by atoms with Crippen LogP contribution in [0.1, 0.15) is 28.4 Å². The van der Waals surface area contributed by atoms with Crippen molar-refractivity contribution in [3.05, 3.63) is 65.0 Å². The van der Waals surface area contributed by atoms with Crippen molar-refractivity contribution in [2.75, 3.05) is 0 Å². The summed E-state index contributed by atoms with van der Waals surface area (Å²) in [4.78, 5) is 3.80. The molecule has 2 N–H and O–H groups in total. The quantitative estimate of drug-likeness (QED) is 0.904. The largest absolute Gasteiger partial charge is 0.417 e. The van der Waals surface area contributed by atoms with Crippen molar-refractivity contribution in [2.45, 2.75) is 19.1 Å². The van der Waals surface area contributed by atoms with Gasteiger partial charge in [-0.1, -0.05) is 29.8 Å². The summed E-state index contributed by atoms with van der Waals surface area (Å²) < 4.78 is 37.3. The number of alkyl halides is 3. The van der Waals surface area contributed by atoms with E-state index in [1.165, 1.54) is 6.07 Å². The van der Waals surface area contributed by atoms with Crippen LogP contribution in [0.4, 0.5) is 13.2 Å². The molecule has 0 saturated heterocycles. The number of aromatic nitrogens is 1. The molecule has 0 spiro atoms. The Kier molecular flexibility index (Phi) is 3.57. The third kappa shape index (κ3) is 3.12. The predicted octanol–water partition coefficient (Wildman–Crippen LogP) is 3.46. The second-order valence-corrected chi connectivity index (χ2v) is 4.36. The van der Waals surface area contributed by atoms with Gasteiger partial charge in [0.15, 0.2) is 0 Å². The van der Waals surface area contributed by atoms with Gasteiger partial charge >= 0.3 is 6.18 Å². The number of aryl methyl sites for hydroxylation is 1. The predicted molar refractivity (Wildman–Crippen MR) is 66.4 cm³/mol. The zero-order valence-electron chi connectivity index (χ0n) is 10.3. The number of hydrogen-bond acceptors (Lipinski definition) is 2. The number of benzene rings is 1. The summed E-state index contributed by atoms with van der Waals surface area (Å²) in [5, 5.41) is 0. The van der Waals surface area contributed by atoms with Crippen LogP contribution in [-0.2, 0) is 6.18 Å². The minimum Gasteiger partial charge on any atom is -0.319 e. The standard InChI is InChI=1S/C14H13F3N2/c1-9-2-4-10(5-3-9)13(18)12-7-6-11(8-19-12)14(15,16)17/h2-8,13H,18H2,1H3. The molecule has 1 heterocycles. The molecule has 0 radical (unpaired) electrons. The van der Waals surface area contributed by atoms with E-state index in [1.54, 1.807) is 0 Å². The monoisotopic (exact) mass is 266 g/mol. The van der Waals surface area contributed by atoms with Crippen molar-refractivity contribution in [3.63, 3.8) is 0 Å². The summed E-state index contributed by atoms with van der Waals surface area (Å²) in [5.41, 5.74) is 7.54. The Balaban J connectivity index is 2.25. The van der Waals surface area contributed by atoms with Gasteiger partial charge in [0, 0.05) is 6.20 Å². The SMILES string of the molecule is Cc1ccc(C(N)c2ccc(C(F)(F)F)cn2)cc1. The van der Waals surface area contributed by atoms with Crippen molar-refractivity contribution in [1.29, 1.82) is 0 Å². The summed E-state index contributed by atoms with van der Waals surface area (Å²) in [6.45, 7) is 1.95. The number of pyridine rings is 1. The molecule has 5 heteroatoms. The Morgan fingerprint density at radius 2 is 1.68 bits per heavy atom. The smallest absolute Gasteiger partial charge is 0.319 e. The second-order valence-electron chi connectivity index (χ2n) is 4.36. The number of nitrogens with two attached hydrogens (primary N) is 1. The van der Waals surface area contributed by atoms with Crippen molar-refractivity contribution >= 4 is 0 Å². The van der Waals surface area contributed by atoms with E-state index >= 15 is 0 Å². The topological polar surface area (TPSA) is 38.9 Å². The first-order valence-electron chi connectivity index (χ1n) is 5.73. The number of halogens is 3. The van der Waals surface area contributed by atoms with Crippen molar-refractivity contribution in [2.24, 2.45) is 5.73 Å². The molecule has 0 bridgehead atoms. The van der Waals surface area contributed by atoms with Crippen LogP contribution in [0.3, 0.4) is 0 Å². The molecule has 1 aromatic heterocycles. The lowest BCUT2D eigenvalue weighted by atomic mass is 10.0. The lowest BCUT2D eigenvalue weighted by Crippen LogP contribution is -2.14. The van der Waals surface area contributed by atoms with Crippen LogP contribution in [0.5, 0.6) is 0 Å². The van der Waals surface area contributed by atoms with E-state index in [4.69, 9.17) is 5.73 Å². The molecule has 100 valence electrons. The van der Waals surface area contributed by atoms with Gasteiger partial charge in [-0.2, -0.15) is 13.2 Å². The van der Waals surface area contributed by atoms with Crippen molar-refractivity contribution in [1.82, 2.24) is 4.98 Å². The summed E-state index contributed by atoms with van der Waals surface area (Å²) >= 11 is 0. The highest BCUT2D eigenvalue weighted by Gasteiger charge is 2.30. The molecular weight excluding hydrogens is 253 g/mol. The number of rotatable bonds is 2. The summed E-state index contributed by atoms with van der Waals surface area (Å²) in [6, 6.07) is 9.28. The molecule has 1 atom stereocenters. The zero-order valence-corrected chi connectivity index (χ0v) is 10.3. The third-order valence-corrected chi connectivity index (χ3v) is 2.87. The normalized spacial score (nSPS) is 13.3. The van der Waals surface area contributed by atoms with Gasteiger partial charge in [0.1, 0.15) is 0 Å². The van der Waals surface area contributed by atoms with E-state index in [-0.39, 0.29) is 0 Å². The van der Waals surface area contributed by atoms with Crippen molar-refractivity contribution in [3.8, 4) is 0 Å². The molecule has 0 aliphatic heterocycles. The molecule has 0 saturated carbocycles. The van der Waals surface area contributed by atoms with Crippen LogP contribution in [-0.4, -0.2) is 4.98 Å². The first-order chi connectivity index (χ1) is 8.88. The summed E-state index contributed by atoms with van der Waals surface area (Å²) in [7, 11) is 0. The average Bonchev–Trinajstić information content (AvgIpc) is 2.38. The molecule has 0 aliphatic carbocycles. The van der Waals surface area contributed by atoms with Gasteiger partial charge in [-0.25, -0.2) is 0 Å². The Labute approximate surface area is 109 Å². The van der Waals surface area contributed by atoms with Crippen LogP contribution in [0.15, 0.2) is 42.6 Å². The highest BCUT2D eigenvalue weighted by molar-refractivity contribution is 5.30. The first kappa shape index (κ1) is 13.5. The van der Waals surface area contributed by atoms with E-state index in [2.05, 4.69) is 4.98 Å². The van der Waals surface area contributed by atoms with Crippen LogP contribution >= 0.6 is 0 Å². The lowest BCUT2D eigenvalue weighted by Gasteiger charge is -2.13. The minimum absolute atomic E-state index is 0.414. The van der Waals surface area contributed by atoms with Gasteiger partial charge in [-0.3, -0.25) is 4.98 Å². The highest BCUT2D eigenvalue weighted by atomic mass is 19.4. The minimum atomic E-state index is -4.38. The van der Waals surface area contributed by atoms with Crippen LogP contribution in [0.2, 0.25) is 0 Å². The van der Waals surface area contributed by atoms with Gasteiger partial charge < -0.3 is 5.73 Å². The lowest BCUT2D eigenvalue weighted by molar-refractivity contribution is -0.137. The maximum absolute atomic E-state index is 12.4. The van der Waals surface area contributed by atoms with E-state index in [0.29, 0.717) is 5.69 Å². The molecule has 0 aliphatic rings. The molecule has 0 amide bonds. The molecule has 0 fully saturated rings. The fourth-order valence-electron chi connectivity index (χ4n) is 1.70. The fourth-order valence-corrected chi connectivity index (χ4v) is 1.70. The van der Waals surface area contributed by atoms with Gasteiger partial charge in [0.2, 0.25) is 0 Å². The summed E-state index contributed by atoms with van der Waals surface area (Å²) in [6.07, 6.45) is -3.57. The van der Waals surface area contributed by atoms with E-state index in [1.807, 2.05) is 31.2 Å². The highest BCUT2D eigenvalue weighted by Crippen LogP contribution is 2.29. The van der Waals surface area contributed by atoms with E-state index < -0.39 is 17.8 Å². The average molecular weight is 266 g/mol. The Hall–Kier alpha value is -1.88. The molecule has 2 rings (SSSR count). The van der Waals surface area contributed by atoms with E-state index in [0.717, 1.165) is 23.4 Å². The van der Waals surface area contributed by atoms with Crippen molar-refractivity contribution < 1.29 is 13.2 Å². The molecule has 19 heavy (non-hydrogen) atoms. The zero-order chi connectivity index (χ0) is 14.0. The number of hydrogen-bond donors (Lipinski definition) is 1. The van der Waals surface area contributed by atoms with Crippen LogP contribution < -0.4 is 5.73 Å². The molecule has 1 unspecified atom stereocenters. The van der Waals surface area contributed by atoms with Crippen LogP contribution in [0, 0.1) is 6.92 Å². The van der Waals surface area contributed by atoms with Crippen LogP contribution in [0.25, 0.3) is 0 Å². The molecule has 2 nitrogen and oxygen atoms in total. The van der Waals surface area contributed by atoms with E-state index in [9.17, 15) is 13.2 Å². The van der Waals surface area contributed by atoms with Gasteiger partial charge in [-0.15, -0.1) is 0 Å². The molecule has 2 aromatic rings. The first-order valence-corrected chi connectivity index (χ1v) is 5.73. The van der Waals surface area contributed by atoms with Gasteiger partial charge in [0.05, 0.1) is 17.3 Å². The summed E-state index contributed by atoms with van der Waals surface area (Å²) in [5.74, 6) is 0. The number of nitrogens with zero attached hydrogens (tertiary/aromatic N) is 1. The maximum atomic E-state index is 12.4. The Bertz CT molecular complexity index is 544. The Morgan fingerprint density at radius 1 is 1.05 bits per heavy atom. The molecule has 1 aromatic carbocycles. The Morgan fingerprint density at radius 3 is 2.16 bits per heavy atom. The second kappa shape index (κ2) is 5.01. The third-order valence-electron chi connectivity index (χ3n) is 2.87.